The summed E-state index contributed by atoms with van der Waals surface area (Å²) in [7, 11) is 1.92. The molecule has 0 saturated heterocycles. The lowest BCUT2D eigenvalue weighted by atomic mass is 10.1. The maximum atomic E-state index is 5.99. The summed E-state index contributed by atoms with van der Waals surface area (Å²) in [5.74, 6) is 1.42. The first-order chi connectivity index (χ1) is 12.0. The van der Waals surface area contributed by atoms with E-state index in [0.717, 1.165) is 16.9 Å². The average molecular weight is 396 g/mol. The van der Waals surface area contributed by atoms with Crippen molar-refractivity contribution < 1.29 is 4.52 Å². The molecule has 1 aromatic carbocycles. The van der Waals surface area contributed by atoms with Crippen molar-refractivity contribution >= 4 is 24.0 Å². The summed E-state index contributed by atoms with van der Waals surface area (Å²) in [6, 6.07) is 7.88. The fourth-order valence-electron chi connectivity index (χ4n) is 2.69. The molecule has 1 N–H and O–H groups in total. The van der Waals surface area contributed by atoms with Gasteiger partial charge in [-0.15, -0.1) is 12.4 Å². The SMILES string of the molecule is CNC(C)Cc1noc(-c2cnn(-c3ccc(Cl)cc3)c2C(C)C)n1.Cl. The van der Waals surface area contributed by atoms with E-state index in [9.17, 15) is 0 Å². The minimum Gasteiger partial charge on any atom is -0.334 e. The minimum atomic E-state index is 0. The summed E-state index contributed by atoms with van der Waals surface area (Å²) in [6.07, 6.45) is 2.49. The molecule has 0 radical (unpaired) electrons. The van der Waals surface area contributed by atoms with Gasteiger partial charge in [0, 0.05) is 17.5 Å². The van der Waals surface area contributed by atoms with Crippen molar-refractivity contribution in [3.8, 4) is 17.1 Å². The molecule has 26 heavy (non-hydrogen) atoms. The topological polar surface area (TPSA) is 68.8 Å². The maximum absolute atomic E-state index is 5.99. The largest absolute Gasteiger partial charge is 0.334 e. The van der Waals surface area contributed by atoms with E-state index in [4.69, 9.17) is 16.1 Å². The van der Waals surface area contributed by atoms with E-state index in [1.807, 2.05) is 36.0 Å². The zero-order chi connectivity index (χ0) is 18.0. The molecule has 2 heterocycles. The third-order valence-electron chi connectivity index (χ3n) is 4.10. The van der Waals surface area contributed by atoms with Crippen molar-refractivity contribution in [2.24, 2.45) is 0 Å². The summed E-state index contributed by atoms with van der Waals surface area (Å²) in [5, 5.41) is 12.5. The number of halogens is 2. The van der Waals surface area contributed by atoms with Gasteiger partial charge in [0.25, 0.3) is 5.89 Å². The highest BCUT2D eigenvalue weighted by Gasteiger charge is 2.21. The van der Waals surface area contributed by atoms with E-state index in [1.165, 1.54) is 0 Å². The van der Waals surface area contributed by atoms with Gasteiger partial charge in [0.15, 0.2) is 5.82 Å². The van der Waals surface area contributed by atoms with Gasteiger partial charge in [0.1, 0.15) is 0 Å². The van der Waals surface area contributed by atoms with E-state index in [0.29, 0.717) is 23.2 Å². The highest BCUT2D eigenvalue weighted by atomic mass is 35.5. The van der Waals surface area contributed by atoms with Crippen molar-refractivity contribution in [3.05, 3.63) is 47.0 Å². The van der Waals surface area contributed by atoms with Gasteiger partial charge >= 0.3 is 0 Å². The molecule has 6 nitrogen and oxygen atoms in total. The van der Waals surface area contributed by atoms with Crippen LogP contribution in [0.1, 0.15) is 38.2 Å². The summed E-state index contributed by atoms with van der Waals surface area (Å²) >= 11 is 5.99. The predicted molar refractivity (Wildman–Crippen MR) is 105 cm³/mol. The highest BCUT2D eigenvalue weighted by molar-refractivity contribution is 6.30. The molecule has 3 rings (SSSR count). The summed E-state index contributed by atoms with van der Waals surface area (Å²) in [5.41, 5.74) is 2.84. The van der Waals surface area contributed by atoms with Crippen LogP contribution in [0.25, 0.3) is 17.1 Å². The van der Waals surface area contributed by atoms with E-state index >= 15 is 0 Å². The quantitative estimate of drug-likeness (QED) is 0.674. The fourth-order valence-corrected chi connectivity index (χ4v) is 2.81. The second-order valence-corrected chi connectivity index (χ2v) is 6.83. The van der Waals surface area contributed by atoms with Crippen LogP contribution in [0.2, 0.25) is 5.02 Å². The van der Waals surface area contributed by atoms with Crippen molar-refractivity contribution in [2.75, 3.05) is 7.05 Å². The van der Waals surface area contributed by atoms with Gasteiger partial charge in [0.05, 0.1) is 23.1 Å². The van der Waals surface area contributed by atoms with Gasteiger partial charge < -0.3 is 9.84 Å². The molecule has 8 heteroatoms. The molecular formula is C18H23Cl2N5O. The zero-order valence-electron chi connectivity index (χ0n) is 15.2. The molecule has 0 aliphatic rings. The van der Waals surface area contributed by atoms with Crippen molar-refractivity contribution in [3.63, 3.8) is 0 Å². The van der Waals surface area contributed by atoms with Crippen LogP contribution >= 0.6 is 24.0 Å². The Kier molecular flexibility index (Phi) is 6.81. The molecule has 0 saturated carbocycles. The average Bonchev–Trinajstić information content (AvgIpc) is 3.22. The van der Waals surface area contributed by atoms with E-state index in [1.54, 1.807) is 6.20 Å². The first-order valence-corrected chi connectivity index (χ1v) is 8.71. The molecule has 0 aliphatic heterocycles. The van der Waals surface area contributed by atoms with Crippen LogP contribution in [0.5, 0.6) is 0 Å². The molecule has 0 spiro atoms. The minimum absolute atomic E-state index is 0. The van der Waals surface area contributed by atoms with Crippen LogP contribution in [0.3, 0.4) is 0 Å². The van der Waals surface area contributed by atoms with E-state index < -0.39 is 0 Å². The van der Waals surface area contributed by atoms with Crippen LogP contribution in [-0.4, -0.2) is 33.0 Å². The second kappa shape index (κ2) is 8.66. The first kappa shape index (κ1) is 20.4. The van der Waals surface area contributed by atoms with Gasteiger partial charge in [-0.05, 0) is 44.2 Å². The van der Waals surface area contributed by atoms with Crippen molar-refractivity contribution in [1.82, 2.24) is 25.2 Å². The fraction of sp³-hybridized carbons (Fsp3) is 0.389. The maximum Gasteiger partial charge on any atom is 0.261 e. The number of hydrogen-bond donors (Lipinski definition) is 1. The lowest BCUT2D eigenvalue weighted by Gasteiger charge is -2.11. The van der Waals surface area contributed by atoms with Crippen molar-refractivity contribution in [1.29, 1.82) is 0 Å². The number of nitrogens with zero attached hydrogens (tertiary/aromatic N) is 4. The van der Waals surface area contributed by atoms with Crippen LogP contribution in [0, 0.1) is 0 Å². The Morgan fingerprint density at radius 2 is 1.88 bits per heavy atom. The van der Waals surface area contributed by atoms with Crippen LogP contribution in [0.15, 0.2) is 35.0 Å². The standard InChI is InChI=1S/C18H22ClN5O.ClH/c1-11(2)17-15(18-22-16(23-25-18)9-12(3)20-4)10-21-24(17)14-7-5-13(19)6-8-14;/h5-8,10-12,20H,9H2,1-4H3;1H. The monoisotopic (exact) mass is 395 g/mol. The first-order valence-electron chi connectivity index (χ1n) is 8.33. The lowest BCUT2D eigenvalue weighted by molar-refractivity contribution is 0.417. The summed E-state index contributed by atoms with van der Waals surface area (Å²) in [4.78, 5) is 4.54. The Bertz CT molecular complexity index is 842. The molecule has 1 atom stereocenters. The Labute approximate surface area is 164 Å². The second-order valence-electron chi connectivity index (χ2n) is 6.40. The predicted octanol–water partition coefficient (Wildman–Crippen LogP) is 4.27. The van der Waals surface area contributed by atoms with Crippen LogP contribution in [-0.2, 0) is 6.42 Å². The molecule has 1 unspecified atom stereocenters. The van der Waals surface area contributed by atoms with E-state index in [2.05, 4.69) is 41.3 Å². The Hall–Kier alpha value is -1.89. The Balaban J connectivity index is 0.00000243. The summed E-state index contributed by atoms with van der Waals surface area (Å²) in [6.45, 7) is 6.31. The molecule has 0 bridgehead atoms. The molecule has 0 aliphatic carbocycles. The third-order valence-corrected chi connectivity index (χ3v) is 4.36. The highest BCUT2D eigenvalue weighted by Crippen LogP contribution is 2.30. The molecule has 0 fully saturated rings. The summed E-state index contributed by atoms with van der Waals surface area (Å²) < 4.78 is 7.39. The van der Waals surface area contributed by atoms with Crippen LogP contribution in [0.4, 0.5) is 0 Å². The van der Waals surface area contributed by atoms with E-state index in [-0.39, 0.29) is 24.4 Å². The lowest BCUT2D eigenvalue weighted by Crippen LogP contribution is -2.24. The number of likely N-dealkylation sites (N-methyl/N-ethyl adjacent to an activating group) is 1. The Morgan fingerprint density at radius 3 is 2.50 bits per heavy atom. The van der Waals surface area contributed by atoms with Crippen LogP contribution < -0.4 is 5.32 Å². The number of aromatic nitrogens is 4. The molecule has 2 aromatic heterocycles. The van der Waals surface area contributed by atoms with Gasteiger partial charge in [-0.25, -0.2) is 4.68 Å². The normalized spacial score (nSPS) is 12.2. The van der Waals surface area contributed by atoms with Gasteiger partial charge in [-0.2, -0.15) is 10.1 Å². The zero-order valence-corrected chi connectivity index (χ0v) is 16.8. The molecule has 0 amide bonds. The smallest absolute Gasteiger partial charge is 0.261 e. The molecular weight excluding hydrogens is 373 g/mol. The molecule has 3 aromatic rings. The van der Waals surface area contributed by atoms with Gasteiger partial charge in [0.2, 0.25) is 0 Å². The van der Waals surface area contributed by atoms with Gasteiger partial charge in [-0.3, -0.25) is 0 Å². The van der Waals surface area contributed by atoms with Gasteiger partial charge in [-0.1, -0.05) is 30.6 Å². The third kappa shape index (κ3) is 4.26. The number of nitrogens with one attached hydrogen (secondary N) is 1. The molecule has 140 valence electrons. The number of hydrogen-bond acceptors (Lipinski definition) is 5. The van der Waals surface area contributed by atoms with Crippen molar-refractivity contribution in [2.45, 2.75) is 39.2 Å². The Morgan fingerprint density at radius 1 is 1.19 bits per heavy atom. The number of benzene rings is 1. The number of rotatable bonds is 6.